The molecule has 1 atom stereocenters. The molecule has 8 nitrogen and oxygen atoms in total. The van der Waals surface area contributed by atoms with Crippen molar-refractivity contribution in [1.29, 1.82) is 0 Å². The summed E-state index contributed by atoms with van der Waals surface area (Å²) in [4.78, 5) is 42.9. The Morgan fingerprint density at radius 1 is 1.32 bits per heavy atom. The Labute approximate surface area is 162 Å². The van der Waals surface area contributed by atoms with Crippen molar-refractivity contribution in [3.63, 3.8) is 0 Å². The van der Waals surface area contributed by atoms with Gasteiger partial charge in [-0.25, -0.2) is 9.37 Å². The normalized spacial score (nSPS) is 15.6. The van der Waals surface area contributed by atoms with Gasteiger partial charge in [0.25, 0.3) is 5.91 Å². The second-order valence-corrected chi connectivity index (χ2v) is 7.09. The molecule has 0 saturated carbocycles. The number of rotatable bonds is 4. The molecule has 0 bridgehead atoms. The maximum absolute atomic E-state index is 13.4. The van der Waals surface area contributed by atoms with E-state index in [9.17, 15) is 18.8 Å². The standard InChI is InChI=1S/C18H14FN5O3S/c19-9-1-2-10-11(5-15(25)22-12(10)4-9)17(27)24-18-23-14(7-28-18)8-3-13(16(20)26)21-6-8/h1-4,6-7,11,21H,5H2,(H2,20,26)(H,22,25)(H,23,24,27). The fourth-order valence-electron chi connectivity index (χ4n) is 3.01. The van der Waals surface area contributed by atoms with E-state index in [2.05, 4.69) is 20.6 Å². The number of nitrogens with one attached hydrogen (secondary N) is 3. The Hall–Kier alpha value is -3.53. The number of hydrogen-bond acceptors (Lipinski definition) is 5. The molecular formula is C18H14FN5O3S. The molecule has 0 radical (unpaired) electrons. The van der Waals surface area contributed by atoms with Crippen molar-refractivity contribution < 1.29 is 18.8 Å². The number of H-pyrrole nitrogens is 1. The maximum atomic E-state index is 13.4. The fraction of sp³-hybridized carbons (Fsp3) is 0.111. The molecule has 28 heavy (non-hydrogen) atoms. The van der Waals surface area contributed by atoms with Gasteiger partial charge < -0.3 is 21.4 Å². The van der Waals surface area contributed by atoms with Crippen molar-refractivity contribution in [2.75, 3.05) is 10.6 Å². The summed E-state index contributed by atoms with van der Waals surface area (Å²) in [5, 5.41) is 7.34. The molecule has 1 unspecified atom stereocenters. The van der Waals surface area contributed by atoms with Gasteiger partial charge in [-0.15, -0.1) is 11.3 Å². The molecule has 3 amide bonds. The van der Waals surface area contributed by atoms with Crippen LogP contribution in [0.3, 0.4) is 0 Å². The van der Waals surface area contributed by atoms with Gasteiger partial charge >= 0.3 is 0 Å². The lowest BCUT2D eigenvalue weighted by Crippen LogP contribution is -2.30. The Morgan fingerprint density at radius 2 is 2.14 bits per heavy atom. The van der Waals surface area contributed by atoms with Crippen molar-refractivity contribution in [3.05, 3.63) is 52.9 Å². The summed E-state index contributed by atoms with van der Waals surface area (Å²) in [6.07, 6.45) is 1.56. The lowest BCUT2D eigenvalue weighted by molar-refractivity contribution is -0.123. The van der Waals surface area contributed by atoms with Gasteiger partial charge in [-0.3, -0.25) is 14.4 Å². The van der Waals surface area contributed by atoms with Crippen LogP contribution in [0.4, 0.5) is 15.2 Å². The van der Waals surface area contributed by atoms with Gasteiger partial charge in [-0.05, 0) is 23.8 Å². The SMILES string of the molecule is NC(=O)c1cc(-c2csc(NC(=O)C3CC(=O)Nc4cc(F)ccc43)n2)c[nH]1. The lowest BCUT2D eigenvalue weighted by atomic mass is 9.90. The van der Waals surface area contributed by atoms with Crippen LogP contribution in [0.1, 0.15) is 28.4 Å². The molecule has 1 aliphatic rings. The first-order valence-corrected chi connectivity index (χ1v) is 9.13. The van der Waals surface area contributed by atoms with Gasteiger partial charge in [0.2, 0.25) is 11.8 Å². The number of anilines is 2. The van der Waals surface area contributed by atoms with Crippen LogP contribution in [0.5, 0.6) is 0 Å². The Kier molecular flexibility index (Phi) is 4.40. The maximum Gasteiger partial charge on any atom is 0.265 e. The van der Waals surface area contributed by atoms with E-state index in [0.29, 0.717) is 27.6 Å². The monoisotopic (exact) mass is 399 g/mol. The quantitative estimate of drug-likeness (QED) is 0.537. The van der Waals surface area contributed by atoms with E-state index in [4.69, 9.17) is 5.73 Å². The van der Waals surface area contributed by atoms with Crippen LogP contribution in [0.2, 0.25) is 0 Å². The zero-order valence-corrected chi connectivity index (χ0v) is 15.1. The van der Waals surface area contributed by atoms with Gasteiger partial charge in [-0.1, -0.05) is 6.07 Å². The summed E-state index contributed by atoms with van der Waals surface area (Å²) < 4.78 is 13.4. The third kappa shape index (κ3) is 3.37. The van der Waals surface area contributed by atoms with Crippen LogP contribution < -0.4 is 16.4 Å². The number of aromatic amines is 1. The average Bonchev–Trinajstić information content (AvgIpc) is 3.29. The van der Waals surface area contributed by atoms with Crippen LogP contribution in [0, 0.1) is 5.82 Å². The van der Waals surface area contributed by atoms with Crippen LogP contribution in [0.25, 0.3) is 11.3 Å². The van der Waals surface area contributed by atoms with E-state index < -0.39 is 23.5 Å². The molecule has 0 aliphatic carbocycles. The van der Waals surface area contributed by atoms with E-state index >= 15 is 0 Å². The Balaban J connectivity index is 1.54. The van der Waals surface area contributed by atoms with Crippen molar-refractivity contribution in [2.24, 2.45) is 5.73 Å². The number of nitrogens with zero attached hydrogens (tertiary/aromatic N) is 1. The van der Waals surface area contributed by atoms with E-state index in [1.54, 1.807) is 17.6 Å². The highest BCUT2D eigenvalue weighted by atomic mass is 32.1. The molecule has 1 aliphatic heterocycles. The van der Waals surface area contributed by atoms with Crippen molar-refractivity contribution >= 4 is 39.9 Å². The second kappa shape index (κ2) is 6.89. The van der Waals surface area contributed by atoms with Crippen LogP contribution in [0.15, 0.2) is 35.8 Å². The smallest absolute Gasteiger partial charge is 0.265 e. The topological polar surface area (TPSA) is 130 Å². The summed E-state index contributed by atoms with van der Waals surface area (Å²) in [5.74, 6) is -2.59. The number of nitrogens with two attached hydrogens (primary N) is 1. The predicted molar refractivity (Wildman–Crippen MR) is 101 cm³/mol. The third-order valence-corrected chi connectivity index (χ3v) is 5.11. The summed E-state index contributed by atoms with van der Waals surface area (Å²) in [5.41, 5.74) is 7.53. The number of carbonyl (C=O) groups is 3. The number of amides is 3. The van der Waals surface area contributed by atoms with Gasteiger partial charge in [0.15, 0.2) is 5.13 Å². The van der Waals surface area contributed by atoms with Crippen LogP contribution in [-0.2, 0) is 9.59 Å². The number of aromatic nitrogens is 2. The molecular weight excluding hydrogens is 385 g/mol. The zero-order valence-electron chi connectivity index (χ0n) is 14.3. The number of thiazole rings is 1. The van der Waals surface area contributed by atoms with E-state index in [1.807, 2.05) is 0 Å². The molecule has 5 N–H and O–H groups in total. The first-order valence-electron chi connectivity index (χ1n) is 8.25. The fourth-order valence-corrected chi connectivity index (χ4v) is 3.73. The average molecular weight is 399 g/mol. The summed E-state index contributed by atoms with van der Waals surface area (Å²) in [6, 6.07) is 5.50. The highest BCUT2D eigenvalue weighted by Gasteiger charge is 2.31. The van der Waals surface area contributed by atoms with E-state index in [1.165, 1.54) is 29.5 Å². The molecule has 0 saturated heterocycles. The summed E-state index contributed by atoms with van der Waals surface area (Å²) in [6.45, 7) is 0. The first-order chi connectivity index (χ1) is 13.4. The van der Waals surface area contributed by atoms with Crippen LogP contribution in [-0.4, -0.2) is 27.7 Å². The van der Waals surface area contributed by atoms with Gasteiger partial charge in [0.05, 0.1) is 11.6 Å². The molecule has 0 spiro atoms. The molecule has 142 valence electrons. The highest BCUT2D eigenvalue weighted by molar-refractivity contribution is 7.14. The molecule has 2 aromatic heterocycles. The lowest BCUT2D eigenvalue weighted by Gasteiger charge is -2.24. The minimum Gasteiger partial charge on any atom is -0.364 e. The first kappa shape index (κ1) is 17.9. The zero-order chi connectivity index (χ0) is 19.8. The molecule has 0 fully saturated rings. The molecule has 3 aromatic rings. The number of benzene rings is 1. The highest BCUT2D eigenvalue weighted by Crippen LogP contribution is 2.34. The van der Waals surface area contributed by atoms with Crippen molar-refractivity contribution in [3.8, 4) is 11.3 Å². The van der Waals surface area contributed by atoms with Gasteiger partial charge in [0, 0.05) is 29.2 Å². The molecule has 4 rings (SSSR count). The number of hydrogen-bond donors (Lipinski definition) is 4. The van der Waals surface area contributed by atoms with Crippen molar-refractivity contribution in [2.45, 2.75) is 12.3 Å². The largest absolute Gasteiger partial charge is 0.364 e. The van der Waals surface area contributed by atoms with Gasteiger partial charge in [0.1, 0.15) is 11.5 Å². The number of fused-ring (bicyclic) bond motifs is 1. The summed E-state index contributed by atoms with van der Waals surface area (Å²) in [7, 11) is 0. The molecule has 1 aromatic carbocycles. The number of carbonyl (C=O) groups excluding carboxylic acids is 3. The second-order valence-electron chi connectivity index (χ2n) is 6.23. The number of halogens is 1. The Morgan fingerprint density at radius 3 is 2.89 bits per heavy atom. The van der Waals surface area contributed by atoms with E-state index in [-0.39, 0.29) is 18.0 Å². The molecule has 10 heteroatoms. The van der Waals surface area contributed by atoms with Crippen LogP contribution >= 0.6 is 11.3 Å². The Bertz CT molecular complexity index is 1110. The minimum absolute atomic E-state index is 0.0392. The molecule has 3 heterocycles. The number of primary amides is 1. The summed E-state index contributed by atoms with van der Waals surface area (Å²) >= 11 is 1.21. The van der Waals surface area contributed by atoms with E-state index in [0.717, 1.165) is 0 Å². The van der Waals surface area contributed by atoms with Gasteiger partial charge in [-0.2, -0.15) is 0 Å². The third-order valence-electron chi connectivity index (χ3n) is 4.35. The van der Waals surface area contributed by atoms with Crippen molar-refractivity contribution in [1.82, 2.24) is 9.97 Å². The minimum atomic E-state index is -0.745. The predicted octanol–water partition coefficient (Wildman–Crippen LogP) is 2.44.